The number of pyridine rings is 1. The maximum Gasteiger partial charge on any atom is 0.419 e. The van der Waals surface area contributed by atoms with Crippen LogP contribution in [0, 0.1) is 0 Å². The van der Waals surface area contributed by atoms with Gasteiger partial charge in [-0.25, -0.2) is 4.98 Å². The Hall–Kier alpha value is -1.30. The summed E-state index contributed by atoms with van der Waals surface area (Å²) >= 11 is 0. The molecule has 17 heavy (non-hydrogen) atoms. The average Bonchev–Trinajstić information content (AvgIpc) is 2.24. The van der Waals surface area contributed by atoms with Gasteiger partial charge < -0.3 is 10.6 Å². The summed E-state index contributed by atoms with van der Waals surface area (Å²) in [6.07, 6.45) is -2.41. The monoisotopic (exact) mass is 247 g/mol. The lowest BCUT2D eigenvalue weighted by molar-refractivity contribution is -0.137. The molecule has 0 aromatic carbocycles. The van der Waals surface area contributed by atoms with Crippen LogP contribution in [0.2, 0.25) is 0 Å². The first-order valence-corrected chi connectivity index (χ1v) is 5.31. The van der Waals surface area contributed by atoms with E-state index in [1.54, 1.807) is 7.05 Å². The van der Waals surface area contributed by atoms with Gasteiger partial charge in [0.15, 0.2) is 0 Å². The number of nitrogens with zero attached hydrogens (tertiary/aromatic N) is 2. The molecule has 0 bridgehead atoms. The SMILES string of the molecule is CC(N)CCN(C)c1ncccc1C(F)(F)F. The Morgan fingerprint density at radius 3 is 2.65 bits per heavy atom. The summed E-state index contributed by atoms with van der Waals surface area (Å²) in [6, 6.07) is 2.27. The molecule has 1 unspecified atom stereocenters. The van der Waals surface area contributed by atoms with E-state index in [-0.39, 0.29) is 11.9 Å². The molecule has 1 heterocycles. The number of aromatic nitrogens is 1. The van der Waals surface area contributed by atoms with Crippen LogP contribution in [0.5, 0.6) is 0 Å². The minimum Gasteiger partial charge on any atom is -0.359 e. The minimum absolute atomic E-state index is 0.0458. The van der Waals surface area contributed by atoms with Gasteiger partial charge in [0.25, 0.3) is 0 Å². The zero-order chi connectivity index (χ0) is 13.1. The van der Waals surface area contributed by atoms with Crippen molar-refractivity contribution in [1.82, 2.24) is 4.98 Å². The molecule has 0 radical (unpaired) electrons. The lowest BCUT2D eigenvalue weighted by Crippen LogP contribution is -2.28. The molecule has 0 saturated carbocycles. The van der Waals surface area contributed by atoms with Crippen molar-refractivity contribution in [3.05, 3.63) is 23.9 Å². The summed E-state index contributed by atoms with van der Waals surface area (Å²) in [7, 11) is 1.58. The molecule has 0 aliphatic heterocycles. The van der Waals surface area contributed by atoms with Crippen molar-refractivity contribution < 1.29 is 13.2 Å². The molecule has 0 aliphatic carbocycles. The van der Waals surface area contributed by atoms with Crippen LogP contribution in [0.15, 0.2) is 18.3 Å². The molecule has 0 fully saturated rings. The van der Waals surface area contributed by atoms with Gasteiger partial charge in [-0.15, -0.1) is 0 Å². The molecule has 0 aliphatic rings. The fourth-order valence-corrected chi connectivity index (χ4v) is 1.43. The third kappa shape index (κ3) is 3.89. The number of hydrogen-bond donors (Lipinski definition) is 1. The summed E-state index contributed by atoms with van der Waals surface area (Å²) in [5.41, 5.74) is 4.86. The standard InChI is InChI=1S/C11H16F3N3/c1-8(15)5-7-17(2)10-9(11(12,13)14)4-3-6-16-10/h3-4,6,8H,5,7,15H2,1-2H3. The predicted octanol–water partition coefficient (Wildman–Crippen LogP) is 2.27. The Kier molecular flexibility index (Phi) is 4.34. The highest BCUT2D eigenvalue weighted by Crippen LogP contribution is 2.34. The van der Waals surface area contributed by atoms with Crippen molar-refractivity contribution in [2.75, 3.05) is 18.5 Å². The van der Waals surface area contributed by atoms with E-state index in [1.165, 1.54) is 17.2 Å². The van der Waals surface area contributed by atoms with Gasteiger partial charge in [-0.1, -0.05) is 0 Å². The lowest BCUT2D eigenvalue weighted by atomic mass is 10.2. The molecule has 1 rings (SSSR count). The number of nitrogens with two attached hydrogens (primary N) is 1. The van der Waals surface area contributed by atoms with Gasteiger partial charge in [0.05, 0.1) is 5.56 Å². The normalized spacial score (nSPS) is 13.5. The van der Waals surface area contributed by atoms with Crippen LogP contribution in [0.25, 0.3) is 0 Å². The van der Waals surface area contributed by atoms with Gasteiger partial charge in [0, 0.05) is 25.8 Å². The smallest absolute Gasteiger partial charge is 0.359 e. The van der Waals surface area contributed by atoms with Crippen LogP contribution in [-0.4, -0.2) is 24.6 Å². The third-order valence-corrected chi connectivity index (χ3v) is 2.37. The van der Waals surface area contributed by atoms with Gasteiger partial charge in [-0.3, -0.25) is 0 Å². The van der Waals surface area contributed by atoms with Gasteiger partial charge in [-0.05, 0) is 25.5 Å². The number of rotatable bonds is 4. The zero-order valence-electron chi connectivity index (χ0n) is 9.83. The van der Waals surface area contributed by atoms with E-state index >= 15 is 0 Å². The molecular weight excluding hydrogens is 231 g/mol. The summed E-state index contributed by atoms with van der Waals surface area (Å²) in [5, 5.41) is 0. The van der Waals surface area contributed by atoms with E-state index in [1.807, 2.05) is 6.92 Å². The molecule has 1 atom stereocenters. The van der Waals surface area contributed by atoms with Gasteiger partial charge in [-0.2, -0.15) is 13.2 Å². The second-order valence-electron chi connectivity index (χ2n) is 4.06. The fourth-order valence-electron chi connectivity index (χ4n) is 1.43. The Morgan fingerprint density at radius 2 is 2.12 bits per heavy atom. The van der Waals surface area contributed by atoms with E-state index in [9.17, 15) is 13.2 Å². The first-order chi connectivity index (χ1) is 7.82. The third-order valence-electron chi connectivity index (χ3n) is 2.37. The Morgan fingerprint density at radius 1 is 1.47 bits per heavy atom. The highest BCUT2D eigenvalue weighted by molar-refractivity contribution is 5.47. The summed E-state index contributed by atoms with van der Waals surface area (Å²) in [4.78, 5) is 5.27. The summed E-state index contributed by atoms with van der Waals surface area (Å²) < 4.78 is 38.1. The zero-order valence-corrected chi connectivity index (χ0v) is 9.83. The van der Waals surface area contributed by atoms with Crippen molar-refractivity contribution in [1.29, 1.82) is 0 Å². The average molecular weight is 247 g/mol. The molecule has 0 saturated heterocycles. The van der Waals surface area contributed by atoms with Crippen LogP contribution in [0.4, 0.5) is 19.0 Å². The minimum atomic E-state index is -4.38. The van der Waals surface area contributed by atoms with E-state index in [0.717, 1.165) is 6.07 Å². The molecule has 6 heteroatoms. The van der Waals surface area contributed by atoms with Crippen LogP contribution < -0.4 is 10.6 Å². The van der Waals surface area contributed by atoms with Crippen molar-refractivity contribution in [2.45, 2.75) is 25.6 Å². The van der Waals surface area contributed by atoms with Gasteiger partial charge in [0.2, 0.25) is 0 Å². The van der Waals surface area contributed by atoms with E-state index < -0.39 is 11.7 Å². The highest BCUT2D eigenvalue weighted by Gasteiger charge is 2.34. The Labute approximate surface area is 98.4 Å². The van der Waals surface area contributed by atoms with Crippen LogP contribution in [-0.2, 0) is 6.18 Å². The maximum atomic E-state index is 12.7. The number of hydrogen-bond acceptors (Lipinski definition) is 3. The second kappa shape index (κ2) is 5.35. The van der Waals surface area contributed by atoms with E-state index in [0.29, 0.717) is 13.0 Å². The number of halogens is 3. The Balaban J connectivity index is 2.89. The van der Waals surface area contributed by atoms with Crippen LogP contribution in [0.1, 0.15) is 18.9 Å². The number of anilines is 1. The topological polar surface area (TPSA) is 42.1 Å². The summed E-state index contributed by atoms with van der Waals surface area (Å²) in [5.74, 6) is -0.0550. The van der Waals surface area contributed by atoms with Crippen LogP contribution in [0.3, 0.4) is 0 Å². The predicted molar refractivity (Wildman–Crippen MR) is 60.8 cm³/mol. The van der Waals surface area contributed by atoms with E-state index in [4.69, 9.17) is 5.73 Å². The lowest BCUT2D eigenvalue weighted by Gasteiger charge is -2.22. The maximum absolute atomic E-state index is 12.7. The first-order valence-electron chi connectivity index (χ1n) is 5.31. The van der Waals surface area contributed by atoms with Crippen molar-refractivity contribution in [2.24, 2.45) is 5.73 Å². The molecular formula is C11H16F3N3. The molecule has 96 valence electrons. The Bertz CT molecular complexity index is 363. The second-order valence-corrected chi connectivity index (χ2v) is 4.06. The largest absolute Gasteiger partial charge is 0.419 e. The molecule has 3 nitrogen and oxygen atoms in total. The quantitative estimate of drug-likeness (QED) is 0.887. The van der Waals surface area contributed by atoms with E-state index in [2.05, 4.69) is 4.98 Å². The highest BCUT2D eigenvalue weighted by atomic mass is 19.4. The van der Waals surface area contributed by atoms with Gasteiger partial charge >= 0.3 is 6.18 Å². The van der Waals surface area contributed by atoms with Crippen molar-refractivity contribution >= 4 is 5.82 Å². The fraction of sp³-hybridized carbons (Fsp3) is 0.545. The first kappa shape index (κ1) is 13.8. The molecule has 1 aromatic rings. The van der Waals surface area contributed by atoms with Crippen molar-refractivity contribution in [3.63, 3.8) is 0 Å². The van der Waals surface area contributed by atoms with Gasteiger partial charge in [0.1, 0.15) is 5.82 Å². The molecule has 2 N–H and O–H groups in total. The van der Waals surface area contributed by atoms with Crippen molar-refractivity contribution in [3.8, 4) is 0 Å². The molecule has 0 amide bonds. The molecule has 0 spiro atoms. The summed E-state index contributed by atoms with van der Waals surface area (Å²) in [6.45, 7) is 2.26. The molecule has 1 aromatic heterocycles. The number of alkyl halides is 3. The van der Waals surface area contributed by atoms with Crippen LogP contribution >= 0.6 is 0 Å².